The first-order chi connectivity index (χ1) is 8.10. The number of rotatable bonds is 5. The predicted octanol–water partition coefficient (Wildman–Crippen LogP) is 1.50. The summed E-state index contributed by atoms with van der Waals surface area (Å²) >= 11 is 1.50. The van der Waals surface area contributed by atoms with E-state index in [4.69, 9.17) is 5.84 Å². The van der Waals surface area contributed by atoms with E-state index in [1.54, 1.807) is 0 Å². The molecule has 1 fully saturated rings. The van der Waals surface area contributed by atoms with Gasteiger partial charge in [0.25, 0.3) is 5.91 Å². The number of nitrogens with zero attached hydrogens (tertiary/aromatic N) is 1. The summed E-state index contributed by atoms with van der Waals surface area (Å²) in [4.78, 5) is 15.6. The largest absolute Gasteiger partial charge is 0.302 e. The van der Waals surface area contributed by atoms with Crippen molar-refractivity contribution >= 4 is 17.2 Å². The second-order valence-corrected chi connectivity index (χ2v) is 6.06. The van der Waals surface area contributed by atoms with Gasteiger partial charge in [0.1, 0.15) is 0 Å². The number of hydrogen-bond donors (Lipinski definition) is 2. The lowest BCUT2D eigenvalue weighted by Gasteiger charge is -2.15. The summed E-state index contributed by atoms with van der Waals surface area (Å²) in [6, 6.07) is 1.95. The molecule has 5 heteroatoms. The van der Waals surface area contributed by atoms with Crippen molar-refractivity contribution in [2.24, 2.45) is 11.8 Å². The first-order valence-electron chi connectivity index (χ1n) is 5.89. The van der Waals surface area contributed by atoms with Crippen LogP contribution in [-0.2, 0) is 6.54 Å². The summed E-state index contributed by atoms with van der Waals surface area (Å²) in [5.74, 6) is 5.83. The van der Waals surface area contributed by atoms with E-state index >= 15 is 0 Å². The van der Waals surface area contributed by atoms with Gasteiger partial charge in [-0.2, -0.15) is 0 Å². The SMILES string of the molecule is Cc1sc(C(=O)NN)cc1CN(C)CC1CC1. The van der Waals surface area contributed by atoms with E-state index in [9.17, 15) is 4.79 Å². The van der Waals surface area contributed by atoms with Crippen LogP contribution in [0.4, 0.5) is 0 Å². The molecule has 1 aromatic rings. The summed E-state index contributed by atoms with van der Waals surface area (Å²) < 4.78 is 0. The zero-order chi connectivity index (χ0) is 12.4. The molecule has 1 aliphatic carbocycles. The van der Waals surface area contributed by atoms with Crippen LogP contribution >= 0.6 is 11.3 Å². The minimum absolute atomic E-state index is 0.200. The third-order valence-electron chi connectivity index (χ3n) is 3.08. The number of nitrogen functional groups attached to an aromatic ring is 1. The Kier molecular flexibility index (Phi) is 3.81. The van der Waals surface area contributed by atoms with Gasteiger partial charge in [0.15, 0.2) is 0 Å². The van der Waals surface area contributed by atoms with Crippen LogP contribution in [0, 0.1) is 12.8 Å². The number of amides is 1. The van der Waals surface area contributed by atoms with Crippen LogP contribution in [0.5, 0.6) is 0 Å². The highest BCUT2D eigenvalue weighted by Gasteiger charge is 2.23. The Morgan fingerprint density at radius 1 is 1.65 bits per heavy atom. The molecule has 1 aromatic heterocycles. The molecular formula is C12H19N3OS. The summed E-state index contributed by atoms with van der Waals surface area (Å²) in [7, 11) is 2.14. The van der Waals surface area contributed by atoms with Gasteiger partial charge in [0, 0.05) is 18.0 Å². The van der Waals surface area contributed by atoms with Crippen LogP contribution in [0.15, 0.2) is 6.07 Å². The molecule has 0 spiro atoms. The number of nitrogens with two attached hydrogens (primary N) is 1. The van der Waals surface area contributed by atoms with Crippen molar-refractivity contribution in [1.29, 1.82) is 0 Å². The lowest BCUT2D eigenvalue weighted by atomic mass is 10.2. The summed E-state index contributed by atoms with van der Waals surface area (Å²) in [5, 5.41) is 0. The topological polar surface area (TPSA) is 58.4 Å². The second kappa shape index (κ2) is 5.16. The van der Waals surface area contributed by atoms with E-state index in [-0.39, 0.29) is 5.91 Å². The van der Waals surface area contributed by atoms with Gasteiger partial charge in [0.2, 0.25) is 0 Å². The first kappa shape index (κ1) is 12.5. The van der Waals surface area contributed by atoms with Gasteiger partial charge < -0.3 is 4.90 Å². The fraction of sp³-hybridized carbons (Fsp3) is 0.583. The molecule has 1 heterocycles. The Hall–Kier alpha value is -0.910. The molecule has 17 heavy (non-hydrogen) atoms. The highest BCUT2D eigenvalue weighted by atomic mass is 32.1. The molecule has 1 aliphatic rings. The molecule has 2 rings (SSSR count). The van der Waals surface area contributed by atoms with Crippen LogP contribution in [0.25, 0.3) is 0 Å². The van der Waals surface area contributed by atoms with Gasteiger partial charge in [-0.1, -0.05) is 0 Å². The average Bonchev–Trinajstić information content (AvgIpc) is 3.02. The molecular weight excluding hydrogens is 234 g/mol. The lowest BCUT2D eigenvalue weighted by Crippen LogP contribution is -2.29. The van der Waals surface area contributed by atoms with E-state index in [1.807, 2.05) is 6.07 Å². The molecule has 0 saturated heterocycles. The molecule has 4 nitrogen and oxygen atoms in total. The molecule has 0 unspecified atom stereocenters. The predicted molar refractivity (Wildman–Crippen MR) is 69.8 cm³/mol. The van der Waals surface area contributed by atoms with Gasteiger partial charge in [-0.05, 0) is 44.4 Å². The average molecular weight is 253 g/mol. The Balaban J connectivity index is 1.99. The van der Waals surface area contributed by atoms with Crippen LogP contribution in [-0.4, -0.2) is 24.4 Å². The lowest BCUT2D eigenvalue weighted by molar-refractivity contribution is 0.0957. The maximum absolute atomic E-state index is 11.4. The standard InChI is InChI=1S/C12H19N3OS/c1-8-10(5-11(17-8)12(16)14-13)7-15(2)6-9-3-4-9/h5,9H,3-4,6-7,13H2,1-2H3,(H,14,16). The Morgan fingerprint density at radius 3 is 2.94 bits per heavy atom. The van der Waals surface area contributed by atoms with Gasteiger partial charge >= 0.3 is 0 Å². The zero-order valence-corrected chi connectivity index (χ0v) is 11.1. The number of carbonyl (C=O) groups is 1. The second-order valence-electron chi connectivity index (χ2n) is 4.81. The van der Waals surface area contributed by atoms with Crippen molar-refractivity contribution < 1.29 is 4.79 Å². The molecule has 0 radical (unpaired) electrons. The normalized spacial score (nSPS) is 15.3. The number of aryl methyl sites for hydroxylation is 1. The molecule has 1 amide bonds. The highest BCUT2D eigenvalue weighted by molar-refractivity contribution is 7.14. The minimum atomic E-state index is -0.200. The Bertz CT molecular complexity index is 412. The van der Waals surface area contributed by atoms with Crippen molar-refractivity contribution in [3.8, 4) is 0 Å². The van der Waals surface area contributed by atoms with Crippen LogP contribution in [0.3, 0.4) is 0 Å². The molecule has 0 atom stereocenters. The third kappa shape index (κ3) is 3.28. The smallest absolute Gasteiger partial charge is 0.275 e. The zero-order valence-electron chi connectivity index (χ0n) is 10.3. The van der Waals surface area contributed by atoms with E-state index in [0.717, 1.165) is 19.0 Å². The maximum Gasteiger partial charge on any atom is 0.275 e. The van der Waals surface area contributed by atoms with Crippen LogP contribution in [0.1, 0.15) is 33.0 Å². The van der Waals surface area contributed by atoms with Crippen LogP contribution < -0.4 is 11.3 Å². The van der Waals surface area contributed by atoms with Gasteiger partial charge in [-0.25, -0.2) is 5.84 Å². The van der Waals surface area contributed by atoms with Crippen molar-refractivity contribution in [2.75, 3.05) is 13.6 Å². The fourth-order valence-corrected chi connectivity index (χ4v) is 2.89. The van der Waals surface area contributed by atoms with Gasteiger partial charge in [-0.3, -0.25) is 10.2 Å². The van der Waals surface area contributed by atoms with Crippen molar-refractivity contribution in [2.45, 2.75) is 26.3 Å². The van der Waals surface area contributed by atoms with Crippen LogP contribution in [0.2, 0.25) is 0 Å². The molecule has 0 aromatic carbocycles. The summed E-state index contributed by atoms with van der Waals surface area (Å²) in [5.41, 5.74) is 3.41. The van der Waals surface area contributed by atoms with Crippen molar-refractivity contribution in [1.82, 2.24) is 10.3 Å². The van der Waals surface area contributed by atoms with Crippen molar-refractivity contribution in [3.63, 3.8) is 0 Å². The third-order valence-corrected chi connectivity index (χ3v) is 4.17. The van der Waals surface area contributed by atoms with E-state index in [1.165, 1.54) is 34.6 Å². The number of carbonyl (C=O) groups excluding carboxylic acids is 1. The number of thiophene rings is 1. The molecule has 94 valence electrons. The minimum Gasteiger partial charge on any atom is -0.302 e. The Labute approximate surface area is 106 Å². The molecule has 3 N–H and O–H groups in total. The van der Waals surface area contributed by atoms with Crippen molar-refractivity contribution in [3.05, 3.63) is 21.4 Å². The summed E-state index contributed by atoms with van der Waals surface area (Å²) in [6.07, 6.45) is 2.74. The fourth-order valence-electron chi connectivity index (χ4n) is 1.96. The molecule has 0 aliphatic heterocycles. The summed E-state index contributed by atoms with van der Waals surface area (Å²) in [6.45, 7) is 4.13. The maximum atomic E-state index is 11.4. The first-order valence-corrected chi connectivity index (χ1v) is 6.70. The Morgan fingerprint density at radius 2 is 2.35 bits per heavy atom. The van der Waals surface area contributed by atoms with Gasteiger partial charge in [-0.15, -0.1) is 11.3 Å². The molecule has 1 saturated carbocycles. The number of hydrogen-bond acceptors (Lipinski definition) is 4. The van der Waals surface area contributed by atoms with E-state index < -0.39 is 0 Å². The quantitative estimate of drug-likeness (QED) is 0.475. The van der Waals surface area contributed by atoms with E-state index in [0.29, 0.717) is 4.88 Å². The monoisotopic (exact) mass is 253 g/mol. The van der Waals surface area contributed by atoms with E-state index in [2.05, 4.69) is 24.3 Å². The number of nitrogens with one attached hydrogen (secondary N) is 1. The van der Waals surface area contributed by atoms with Gasteiger partial charge in [0.05, 0.1) is 4.88 Å². The number of hydrazine groups is 1. The molecule has 0 bridgehead atoms. The highest BCUT2D eigenvalue weighted by Crippen LogP contribution is 2.30.